The maximum Gasteiger partial charge on any atom is 0.374 e. The maximum atomic E-state index is 11.8. The molecule has 0 amide bonds. The third-order valence-electron chi connectivity index (χ3n) is 2.98. The molecule has 134 valence electrons. The zero-order valence-electron chi connectivity index (χ0n) is 14.0. The molecule has 0 saturated heterocycles. The van der Waals surface area contributed by atoms with Crippen molar-refractivity contribution in [1.29, 1.82) is 0 Å². The average Bonchev–Trinajstić information content (AvgIpc) is 2.47. The van der Waals surface area contributed by atoms with E-state index in [2.05, 4.69) is 21.4 Å². The van der Waals surface area contributed by atoms with E-state index in [9.17, 15) is 19.5 Å². The number of rotatable bonds is 12. The minimum Gasteiger partial charge on any atom is -0.466 e. The molecule has 0 aliphatic carbocycles. The zero-order valence-corrected chi connectivity index (χ0v) is 14.0. The van der Waals surface area contributed by atoms with Crippen molar-refractivity contribution >= 4 is 17.9 Å². The molecule has 0 rings (SSSR count). The molecule has 0 fully saturated rings. The Balaban J connectivity index is 4.58. The quantitative estimate of drug-likeness (QED) is 0.246. The molecule has 0 aromatic carbocycles. The van der Waals surface area contributed by atoms with E-state index in [0.29, 0.717) is 6.42 Å². The van der Waals surface area contributed by atoms with E-state index < -0.39 is 36.4 Å². The van der Waals surface area contributed by atoms with Gasteiger partial charge in [0, 0.05) is 0 Å². The maximum absolute atomic E-state index is 11.8. The van der Waals surface area contributed by atoms with Crippen LogP contribution in [-0.4, -0.2) is 48.9 Å². The van der Waals surface area contributed by atoms with Crippen LogP contribution >= 0.6 is 0 Å². The van der Waals surface area contributed by atoms with E-state index in [0.717, 1.165) is 26.4 Å². The largest absolute Gasteiger partial charge is 0.466 e. The van der Waals surface area contributed by atoms with Crippen molar-refractivity contribution in [3.63, 3.8) is 0 Å². The Morgan fingerprint density at radius 2 is 1.57 bits per heavy atom. The van der Waals surface area contributed by atoms with Gasteiger partial charge in [0.25, 0.3) is 0 Å². The molecule has 0 aromatic rings. The number of hydrogen-bond acceptors (Lipinski definition) is 8. The van der Waals surface area contributed by atoms with Gasteiger partial charge < -0.3 is 14.6 Å². The molecular formula is C15H26O8. The second-order valence-corrected chi connectivity index (χ2v) is 5.01. The molecule has 0 radical (unpaired) electrons. The molecule has 23 heavy (non-hydrogen) atoms. The summed E-state index contributed by atoms with van der Waals surface area (Å²) in [5.74, 6) is -2.89. The van der Waals surface area contributed by atoms with Crippen LogP contribution in [0.25, 0.3) is 0 Å². The molecule has 0 saturated carbocycles. The third-order valence-corrected chi connectivity index (χ3v) is 2.98. The van der Waals surface area contributed by atoms with Gasteiger partial charge in [0.1, 0.15) is 0 Å². The Kier molecular flexibility index (Phi) is 11.0. The van der Waals surface area contributed by atoms with Gasteiger partial charge >= 0.3 is 17.9 Å². The van der Waals surface area contributed by atoms with Crippen LogP contribution in [0.2, 0.25) is 0 Å². The zero-order chi connectivity index (χ0) is 17.7. The summed E-state index contributed by atoms with van der Waals surface area (Å²) in [6, 6.07) is 0. The summed E-state index contributed by atoms with van der Waals surface area (Å²) in [5.41, 5.74) is -2.39. The highest BCUT2D eigenvalue weighted by molar-refractivity contribution is 5.89. The number of hydrogen-bond donors (Lipinski definition) is 1. The number of aliphatic hydroxyl groups is 1. The second-order valence-electron chi connectivity index (χ2n) is 5.01. The molecule has 0 aliphatic rings. The first kappa shape index (κ1) is 21.3. The summed E-state index contributed by atoms with van der Waals surface area (Å²) < 4.78 is 9.63. The number of carbonyl (C=O) groups excluding carboxylic acids is 3. The highest BCUT2D eigenvalue weighted by Gasteiger charge is 2.44. The third kappa shape index (κ3) is 9.14. The summed E-state index contributed by atoms with van der Waals surface area (Å²) in [6.45, 7) is 3.90. The van der Waals surface area contributed by atoms with Gasteiger partial charge in [0.15, 0.2) is 5.60 Å². The Morgan fingerprint density at radius 3 is 2.09 bits per heavy atom. The number of esters is 2. The van der Waals surface area contributed by atoms with Gasteiger partial charge in [0.05, 0.1) is 33.2 Å². The lowest BCUT2D eigenvalue weighted by molar-refractivity contribution is -0.271. The standard InChI is InChI=1S/C15H26O8/c1-4-6-7-8-9-22-13(17)11-15(19,14(18)23-20-3)10-12(16)21-5-2/h19H,4-11H2,1-3H3. The lowest BCUT2D eigenvalue weighted by atomic mass is 9.96. The summed E-state index contributed by atoms with van der Waals surface area (Å²) in [6.07, 6.45) is 2.25. The summed E-state index contributed by atoms with van der Waals surface area (Å²) >= 11 is 0. The van der Waals surface area contributed by atoms with E-state index >= 15 is 0 Å². The Labute approximate surface area is 136 Å². The minimum absolute atomic E-state index is 0.0795. The summed E-state index contributed by atoms with van der Waals surface area (Å²) in [5, 5.41) is 10.3. The van der Waals surface area contributed by atoms with Gasteiger partial charge in [0.2, 0.25) is 0 Å². The van der Waals surface area contributed by atoms with Crippen molar-refractivity contribution in [2.24, 2.45) is 0 Å². The van der Waals surface area contributed by atoms with Crippen molar-refractivity contribution in [1.82, 2.24) is 0 Å². The molecule has 0 heterocycles. The first-order valence-electron chi connectivity index (χ1n) is 7.68. The molecule has 0 aliphatic heterocycles. The molecule has 0 spiro atoms. The molecule has 8 nitrogen and oxygen atoms in total. The molecular weight excluding hydrogens is 308 g/mol. The second kappa shape index (κ2) is 11.8. The van der Waals surface area contributed by atoms with Crippen molar-refractivity contribution < 1.29 is 38.7 Å². The molecule has 1 N–H and O–H groups in total. The Morgan fingerprint density at radius 1 is 0.957 bits per heavy atom. The fourth-order valence-corrected chi connectivity index (χ4v) is 1.82. The number of carbonyl (C=O) groups is 3. The SMILES string of the molecule is CCCCCCOC(=O)CC(O)(CC(=O)OCC)C(=O)OOC. The lowest BCUT2D eigenvalue weighted by Gasteiger charge is -2.22. The monoisotopic (exact) mass is 334 g/mol. The Hall–Kier alpha value is -1.67. The lowest BCUT2D eigenvalue weighted by Crippen LogP contribution is -2.44. The van der Waals surface area contributed by atoms with Crippen LogP contribution in [0.3, 0.4) is 0 Å². The highest BCUT2D eigenvalue weighted by atomic mass is 17.2. The smallest absolute Gasteiger partial charge is 0.374 e. The van der Waals surface area contributed by atoms with Gasteiger partial charge in [-0.15, -0.1) is 0 Å². The number of unbranched alkanes of at least 4 members (excludes halogenated alkanes) is 3. The first-order chi connectivity index (χ1) is 10.9. The van der Waals surface area contributed by atoms with Crippen molar-refractivity contribution in [3.05, 3.63) is 0 Å². The molecule has 0 bridgehead atoms. The van der Waals surface area contributed by atoms with E-state index in [1.54, 1.807) is 6.92 Å². The van der Waals surface area contributed by atoms with Crippen LogP contribution in [0.5, 0.6) is 0 Å². The first-order valence-corrected chi connectivity index (χ1v) is 7.68. The highest BCUT2D eigenvalue weighted by Crippen LogP contribution is 2.20. The predicted octanol–water partition coefficient (Wildman–Crippen LogP) is 1.29. The van der Waals surface area contributed by atoms with Gasteiger partial charge in [-0.25, -0.2) is 4.79 Å². The average molecular weight is 334 g/mol. The van der Waals surface area contributed by atoms with Crippen LogP contribution in [0.15, 0.2) is 0 Å². The fourth-order valence-electron chi connectivity index (χ4n) is 1.82. The predicted molar refractivity (Wildman–Crippen MR) is 79.0 cm³/mol. The topological polar surface area (TPSA) is 108 Å². The molecule has 1 atom stereocenters. The Bertz CT molecular complexity index is 382. The van der Waals surface area contributed by atoms with Crippen molar-refractivity contribution in [2.45, 2.75) is 58.0 Å². The summed E-state index contributed by atoms with van der Waals surface area (Å²) in [7, 11) is 1.06. The van der Waals surface area contributed by atoms with Gasteiger partial charge in [-0.05, 0) is 13.3 Å². The van der Waals surface area contributed by atoms with Crippen molar-refractivity contribution in [2.75, 3.05) is 20.3 Å². The van der Waals surface area contributed by atoms with Crippen molar-refractivity contribution in [3.8, 4) is 0 Å². The van der Waals surface area contributed by atoms with Crippen LogP contribution in [0.1, 0.15) is 52.4 Å². The van der Waals surface area contributed by atoms with Gasteiger partial charge in [-0.1, -0.05) is 26.2 Å². The molecule has 0 aromatic heterocycles. The minimum atomic E-state index is -2.39. The van der Waals surface area contributed by atoms with Gasteiger partial charge in [-0.2, -0.15) is 4.89 Å². The number of ether oxygens (including phenoxy) is 2. The van der Waals surface area contributed by atoms with E-state index in [4.69, 9.17) is 4.74 Å². The van der Waals surface area contributed by atoms with Crippen LogP contribution in [0.4, 0.5) is 0 Å². The van der Waals surface area contributed by atoms with E-state index in [1.807, 2.05) is 0 Å². The van der Waals surface area contributed by atoms with Crippen LogP contribution in [0, 0.1) is 0 Å². The van der Waals surface area contributed by atoms with Gasteiger partial charge in [-0.3, -0.25) is 14.5 Å². The van der Waals surface area contributed by atoms with Crippen LogP contribution < -0.4 is 0 Å². The van der Waals surface area contributed by atoms with Crippen LogP contribution in [-0.2, 0) is 33.6 Å². The molecule has 1 unspecified atom stereocenters. The van der Waals surface area contributed by atoms with E-state index in [1.165, 1.54) is 0 Å². The molecule has 8 heteroatoms. The fraction of sp³-hybridized carbons (Fsp3) is 0.800. The van der Waals surface area contributed by atoms with E-state index in [-0.39, 0.29) is 13.2 Å². The normalized spacial score (nSPS) is 13.0. The summed E-state index contributed by atoms with van der Waals surface area (Å²) in [4.78, 5) is 43.4.